The molecule has 138 valence electrons. The van der Waals surface area contributed by atoms with E-state index in [-0.39, 0.29) is 11.7 Å². The van der Waals surface area contributed by atoms with Crippen LogP contribution in [-0.4, -0.2) is 67.5 Å². The molecule has 2 saturated heterocycles. The fraction of sp³-hybridized carbons (Fsp3) is 0.941. The van der Waals surface area contributed by atoms with E-state index in [1.807, 2.05) is 11.8 Å². The summed E-state index contributed by atoms with van der Waals surface area (Å²) in [4.78, 5) is 14.7. The number of likely N-dealkylation sites (tertiary alicyclic amines) is 1. The van der Waals surface area contributed by atoms with Crippen molar-refractivity contribution in [1.29, 1.82) is 0 Å². The van der Waals surface area contributed by atoms with Crippen LogP contribution in [0.5, 0.6) is 0 Å². The second kappa shape index (κ2) is 7.70. The normalized spacial score (nSPS) is 26.9. The van der Waals surface area contributed by atoms with Crippen LogP contribution in [-0.2, 0) is 14.8 Å². The highest BCUT2D eigenvalue weighted by atomic mass is 32.2. The lowest BCUT2D eigenvalue weighted by atomic mass is 10.0. The molecule has 6 nitrogen and oxygen atoms in total. The monoisotopic (exact) mass is 357 g/mol. The third kappa shape index (κ3) is 4.29. The van der Waals surface area contributed by atoms with Crippen molar-refractivity contribution in [2.75, 3.05) is 31.9 Å². The maximum absolute atomic E-state index is 12.8. The molecule has 0 aromatic heterocycles. The van der Waals surface area contributed by atoms with E-state index >= 15 is 0 Å². The molecule has 0 bridgehead atoms. The van der Waals surface area contributed by atoms with Crippen molar-refractivity contribution in [1.82, 2.24) is 14.5 Å². The Balaban J connectivity index is 1.52. The van der Waals surface area contributed by atoms with Crippen LogP contribution in [0.15, 0.2) is 0 Å². The minimum Gasteiger partial charge on any atom is -0.341 e. The van der Waals surface area contributed by atoms with Crippen LogP contribution in [0.25, 0.3) is 0 Å². The molecule has 24 heavy (non-hydrogen) atoms. The summed E-state index contributed by atoms with van der Waals surface area (Å²) in [6.07, 6.45) is 6.72. The molecule has 3 fully saturated rings. The standard InChI is InChI=1S/C17H31N3O3S/c1-2-12-24(22,23)20-9-3-4-16(20)17(21)19-10-7-15(8-11-19)18-13-14-5-6-14/h14-16,18H,2-13H2,1H3. The lowest BCUT2D eigenvalue weighted by Crippen LogP contribution is -2.52. The first-order chi connectivity index (χ1) is 11.5. The van der Waals surface area contributed by atoms with Crippen molar-refractivity contribution >= 4 is 15.9 Å². The molecule has 1 unspecified atom stereocenters. The highest BCUT2D eigenvalue weighted by molar-refractivity contribution is 7.89. The fourth-order valence-electron chi connectivity index (χ4n) is 3.87. The maximum Gasteiger partial charge on any atom is 0.241 e. The van der Waals surface area contributed by atoms with Crippen molar-refractivity contribution in [3.05, 3.63) is 0 Å². The van der Waals surface area contributed by atoms with E-state index in [1.165, 1.54) is 17.1 Å². The number of sulfonamides is 1. The number of hydrogen-bond acceptors (Lipinski definition) is 4. The summed E-state index contributed by atoms with van der Waals surface area (Å²) in [6, 6.07) is 0.0516. The summed E-state index contributed by atoms with van der Waals surface area (Å²) in [5.41, 5.74) is 0. The molecule has 1 N–H and O–H groups in total. The molecule has 2 aliphatic heterocycles. The van der Waals surface area contributed by atoms with Crippen molar-refractivity contribution in [3.8, 4) is 0 Å². The van der Waals surface area contributed by atoms with Gasteiger partial charge in [0.25, 0.3) is 0 Å². The van der Waals surface area contributed by atoms with Gasteiger partial charge in [0.05, 0.1) is 5.75 Å². The average molecular weight is 358 g/mol. The fourth-order valence-corrected chi connectivity index (χ4v) is 5.61. The summed E-state index contributed by atoms with van der Waals surface area (Å²) in [6.45, 7) is 4.98. The molecular formula is C17H31N3O3S. The van der Waals surface area contributed by atoms with Gasteiger partial charge < -0.3 is 10.2 Å². The van der Waals surface area contributed by atoms with Gasteiger partial charge in [-0.15, -0.1) is 0 Å². The number of hydrogen-bond donors (Lipinski definition) is 1. The second-order valence-corrected chi connectivity index (χ2v) is 9.58. The number of nitrogens with one attached hydrogen (secondary N) is 1. The zero-order chi connectivity index (χ0) is 17.2. The van der Waals surface area contributed by atoms with Crippen molar-refractivity contribution in [2.45, 2.75) is 64.0 Å². The Kier molecular flexibility index (Phi) is 5.82. The van der Waals surface area contributed by atoms with Gasteiger partial charge in [0.2, 0.25) is 15.9 Å². The molecule has 3 aliphatic rings. The summed E-state index contributed by atoms with van der Waals surface area (Å²) < 4.78 is 26.2. The van der Waals surface area contributed by atoms with Crippen LogP contribution in [0.4, 0.5) is 0 Å². The Bertz CT molecular complexity index is 539. The Labute approximate surface area is 146 Å². The van der Waals surface area contributed by atoms with E-state index in [9.17, 15) is 13.2 Å². The van der Waals surface area contributed by atoms with Gasteiger partial charge in [0, 0.05) is 25.7 Å². The highest BCUT2D eigenvalue weighted by Gasteiger charge is 2.40. The summed E-state index contributed by atoms with van der Waals surface area (Å²) in [7, 11) is -3.29. The number of carbonyl (C=O) groups excluding carboxylic acids is 1. The van der Waals surface area contributed by atoms with Crippen LogP contribution in [0.3, 0.4) is 0 Å². The molecule has 2 heterocycles. The van der Waals surface area contributed by atoms with Gasteiger partial charge in [-0.25, -0.2) is 8.42 Å². The molecule has 1 amide bonds. The molecular weight excluding hydrogens is 326 g/mol. The Morgan fingerprint density at radius 3 is 2.42 bits per heavy atom. The van der Waals surface area contributed by atoms with E-state index in [0.717, 1.165) is 44.8 Å². The van der Waals surface area contributed by atoms with Crippen LogP contribution in [0, 0.1) is 5.92 Å². The topological polar surface area (TPSA) is 69.7 Å². The molecule has 0 aromatic rings. The maximum atomic E-state index is 12.8. The number of amides is 1. The van der Waals surface area contributed by atoms with Gasteiger partial charge in [0.1, 0.15) is 6.04 Å². The van der Waals surface area contributed by atoms with Crippen molar-refractivity contribution in [3.63, 3.8) is 0 Å². The minimum absolute atomic E-state index is 0.0211. The van der Waals surface area contributed by atoms with E-state index in [2.05, 4.69) is 5.32 Å². The Morgan fingerprint density at radius 1 is 1.08 bits per heavy atom. The Morgan fingerprint density at radius 2 is 1.79 bits per heavy atom. The first-order valence-electron chi connectivity index (χ1n) is 9.53. The third-order valence-electron chi connectivity index (χ3n) is 5.51. The van der Waals surface area contributed by atoms with Gasteiger partial charge in [-0.3, -0.25) is 4.79 Å². The van der Waals surface area contributed by atoms with E-state index in [0.29, 0.717) is 25.4 Å². The van der Waals surface area contributed by atoms with Crippen LogP contribution < -0.4 is 5.32 Å². The molecule has 7 heteroatoms. The van der Waals surface area contributed by atoms with Crippen molar-refractivity contribution in [2.24, 2.45) is 5.92 Å². The van der Waals surface area contributed by atoms with E-state index in [1.54, 1.807) is 0 Å². The molecule has 0 aromatic carbocycles. The predicted molar refractivity (Wildman–Crippen MR) is 94.1 cm³/mol. The quantitative estimate of drug-likeness (QED) is 0.743. The molecule has 1 atom stereocenters. The summed E-state index contributed by atoms with van der Waals surface area (Å²) in [5.74, 6) is 1.04. The van der Waals surface area contributed by atoms with Crippen LogP contribution in [0.2, 0.25) is 0 Å². The number of nitrogens with zero attached hydrogens (tertiary/aromatic N) is 2. The van der Waals surface area contributed by atoms with Gasteiger partial charge >= 0.3 is 0 Å². The first-order valence-corrected chi connectivity index (χ1v) is 11.1. The summed E-state index contributed by atoms with van der Waals surface area (Å²) >= 11 is 0. The number of carbonyl (C=O) groups is 1. The smallest absolute Gasteiger partial charge is 0.241 e. The molecule has 1 aliphatic carbocycles. The molecule has 3 rings (SSSR count). The third-order valence-corrected chi connectivity index (χ3v) is 7.58. The van der Waals surface area contributed by atoms with Crippen LogP contribution >= 0.6 is 0 Å². The summed E-state index contributed by atoms with van der Waals surface area (Å²) in [5, 5.41) is 3.62. The molecule has 0 radical (unpaired) electrons. The number of piperidine rings is 1. The Hall–Kier alpha value is -0.660. The molecule has 1 saturated carbocycles. The second-order valence-electron chi connectivity index (χ2n) is 7.54. The van der Waals surface area contributed by atoms with Gasteiger partial charge in [-0.2, -0.15) is 4.31 Å². The lowest BCUT2D eigenvalue weighted by Gasteiger charge is -2.35. The lowest BCUT2D eigenvalue weighted by molar-refractivity contribution is -0.135. The number of rotatable bonds is 7. The van der Waals surface area contributed by atoms with E-state index in [4.69, 9.17) is 0 Å². The van der Waals surface area contributed by atoms with Gasteiger partial charge in [-0.05, 0) is 57.4 Å². The molecule has 0 spiro atoms. The van der Waals surface area contributed by atoms with E-state index < -0.39 is 16.1 Å². The first kappa shape index (κ1) is 18.1. The largest absolute Gasteiger partial charge is 0.341 e. The zero-order valence-corrected chi connectivity index (χ0v) is 15.6. The van der Waals surface area contributed by atoms with Gasteiger partial charge in [0.15, 0.2) is 0 Å². The zero-order valence-electron chi connectivity index (χ0n) is 14.7. The van der Waals surface area contributed by atoms with Crippen LogP contribution in [0.1, 0.15) is 51.9 Å². The predicted octanol–water partition coefficient (Wildman–Crippen LogP) is 1.18. The SMILES string of the molecule is CCCS(=O)(=O)N1CCCC1C(=O)N1CCC(NCC2CC2)CC1. The van der Waals surface area contributed by atoms with Crippen molar-refractivity contribution < 1.29 is 13.2 Å². The minimum atomic E-state index is -3.29. The average Bonchev–Trinajstić information content (AvgIpc) is 3.25. The van der Waals surface area contributed by atoms with Gasteiger partial charge in [-0.1, -0.05) is 6.92 Å². The highest BCUT2D eigenvalue weighted by Crippen LogP contribution is 2.28.